The van der Waals surface area contributed by atoms with Gasteiger partial charge in [-0.15, -0.1) is 0 Å². The second-order valence-electron chi connectivity index (χ2n) is 4.35. The van der Waals surface area contributed by atoms with Crippen molar-refractivity contribution in [2.75, 3.05) is 6.61 Å². The molecule has 0 amide bonds. The van der Waals surface area contributed by atoms with E-state index in [4.69, 9.17) is 4.74 Å². The molecule has 1 aromatic carbocycles. The standard InChI is InChI=1S/C14H20O3/c1-10(2)8-9-17-13-6-4-12(5-7-13)14(16)11(3)15/h4-8,11,14-16H,9H2,1-3H3/t11-,14-/m1/s1. The highest BCUT2D eigenvalue weighted by Crippen LogP contribution is 2.20. The van der Waals surface area contributed by atoms with Gasteiger partial charge in [-0.05, 0) is 44.5 Å². The number of aliphatic hydroxyl groups is 2. The van der Waals surface area contributed by atoms with Gasteiger partial charge in [-0.1, -0.05) is 17.7 Å². The van der Waals surface area contributed by atoms with Crippen molar-refractivity contribution in [3.8, 4) is 5.75 Å². The lowest BCUT2D eigenvalue weighted by Gasteiger charge is -2.14. The summed E-state index contributed by atoms with van der Waals surface area (Å²) < 4.78 is 5.49. The fourth-order valence-electron chi connectivity index (χ4n) is 1.34. The van der Waals surface area contributed by atoms with E-state index in [1.807, 2.05) is 19.9 Å². The molecule has 0 unspecified atom stereocenters. The highest BCUT2D eigenvalue weighted by molar-refractivity contribution is 5.29. The van der Waals surface area contributed by atoms with Gasteiger partial charge in [-0.2, -0.15) is 0 Å². The number of aliphatic hydroxyl groups excluding tert-OH is 2. The summed E-state index contributed by atoms with van der Waals surface area (Å²) in [5, 5.41) is 18.9. The summed E-state index contributed by atoms with van der Waals surface area (Å²) in [6.07, 6.45) is 0.382. The zero-order valence-electron chi connectivity index (χ0n) is 10.6. The second kappa shape index (κ2) is 6.42. The molecule has 1 aromatic rings. The minimum atomic E-state index is -0.846. The molecular formula is C14H20O3. The van der Waals surface area contributed by atoms with E-state index < -0.39 is 12.2 Å². The number of allylic oxidation sites excluding steroid dienone is 1. The Hall–Kier alpha value is -1.32. The van der Waals surface area contributed by atoms with Crippen LogP contribution in [0.3, 0.4) is 0 Å². The maximum absolute atomic E-state index is 9.64. The van der Waals surface area contributed by atoms with Crippen LogP contribution in [0.4, 0.5) is 0 Å². The Kier molecular flexibility index (Phi) is 5.19. The summed E-state index contributed by atoms with van der Waals surface area (Å²) >= 11 is 0. The van der Waals surface area contributed by atoms with Gasteiger partial charge in [-0.25, -0.2) is 0 Å². The molecule has 0 aliphatic rings. The maximum Gasteiger partial charge on any atom is 0.119 e. The molecule has 1 rings (SSSR count). The fraction of sp³-hybridized carbons (Fsp3) is 0.429. The quantitative estimate of drug-likeness (QED) is 0.772. The van der Waals surface area contributed by atoms with Crippen LogP contribution in [0.15, 0.2) is 35.9 Å². The lowest BCUT2D eigenvalue weighted by Crippen LogP contribution is -2.13. The van der Waals surface area contributed by atoms with Gasteiger partial charge in [-0.3, -0.25) is 0 Å². The molecule has 0 saturated carbocycles. The summed E-state index contributed by atoms with van der Waals surface area (Å²) in [7, 11) is 0. The molecule has 0 saturated heterocycles. The Morgan fingerprint density at radius 2 is 1.82 bits per heavy atom. The summed E-state index contributed by atoms with van der Waals surface area (Å²) in [5.74, 6) is 0.754. The van der Waals surface area contributed by atoms with E-state index in [0.717, 1.165) is 5.75 Å². The molecule has 17 heavy (non-hydrogen) atoms. The summed E-state index contributed by atoms with van der Waals surface area (Å²) in [6, 6.07) is 7.10. The van der Waals surface area contributed by atoms with Crippen molar-refractivity contribution < 1.29 is 14.9 Å². The van der Waals surface area contributed by atoms with E-state index >= 15 is 0 Å². The van der Waals surface area contributed by atoms with E-state index in [0.29, 0.717) is 12.2 Å². The van der Waals surface area contributed by atoms with Crippen molar-refractivity contribution in [3.63, 3.8) is 0 Å². The third kappa shape index (κ3) is 4.59. The van der Waals surface area contributed by atoms with Crippen LogP contribution in [0, 0.1) is 0 Å². The molecule has 0 heterocycles. The van der Waals surface area contributed by atoms with Gasteiger partial charge >= 0.3 is 0 Å². The zero-order valence-corrected chi connectivity index (χ0v) is 10.6. The van der Waals surface area contributed by atoms with E-state index in [1.165, 1.54) is 5.57 Å². The number of hydrogen-bond donors (Lipinski definition) is 2. The third-order valence-electron chi connectivity index (χ3n) is 2.42. The SMILES string of the molecule is CC(C)=CCOc1ccc([C@H](O)[C@@H](C)O)cc1. The van der Waals surface area contributed by atoms with Crippen molar-refractivity contribution in [2.45, 2.75) is 33.0 Å². The number of rotatable bonds is 5. The van der Waals surface area contributed by atoms with Crippen LogP contribution in [0.25, 0.3) is 0 Å². The summed E-state index contributed by atoms with van der Waals surface area (Å²) in [6.45, 7) is 6.14. The van der Waals surface area contributed by atoms with E-state index in [2.05, 4.69) is 0 Å². The van der Waals surface area contributed by atoms with E-state index in [1.54, 1.807) is 31.2 Å². The summed E-state index contributed by atoms with van der Waals surface area (Å²) in [4.78, 5) is 0. The summed E-state index contributed by atoms with van der Waals surface area (Å²) in [5.41, 5.74) is 1.90. The number of ether oxygens (including phenoxy) is 1. The molecular weight excluding hydrogens is 216 g/mol. The first-order valence-corrected chi connectivity index (χ1v) is 5.73. The van der Waals surface area contributed by atoms with Gasteiger partial charge in [0.05, 0.1) is 6.10 Å². The predicted molar refractivity (Wildman–Crippen MR) is 68.0 cm³/mol. The third-order valence-corrected chi connectivity index (χ3v) is 2.42. The smallest absolute Gasteiger partial charge is 0.119 e. The molecule has 0 aliphatic carbocycles. The van der Waals surface area contributed by atoms with Gasteiger partial charge in [0, 0.05) is 0 Å². The lowest BCUT2D eigenvalue weighted by molar-refractivity contribution is 0.0305. The molecule has 0 fully saturated rings. The predicted octanol–water partition coefficient (Wildman–Crippen LogP) is 2.45. The number of benzene rings is 1. The average molecular weight is 236 g/mol. The first kappa shape index (κ1) is 13.7. The number of hydrogen-bond acceptors (Lipinski definition) is 3. The Morgan fingerprint density at radius 3 is 2.29 bits per heavy atom. The van der Waals surface area contributed by atoms with Crippen LogP contribution in [-0.4, -0.2) is 22.9 Å². The fourth-order valence-corrected chi connectivity index (χ4v) is 1.34. The van der Waals surface area contributed by atoms with Crippen molar-refractivity contribution in [1.82, 2.24) is 0 Å². The molecule has 3 heteroatoms. The Balaban J connectivity index is 2.59. The van der Waals surface area contributed by atoms with Crippen molar-refractivity contribution in [3.05, 3.63) is 41.5 Å². The van der Waals surface area contributed by atoms with Gasteiger partial charge < -0.3 is 14.9 Å². The van der Waals surface area contributed by atoms with Crippen LogP contribution in [0.5, 0.6) is 5.75 Å². The molecule has 3 nitrogen and oxygen atoms in total. The van der Waals surface area contributed by atoms with E-state index in [-0.39, 0.29) is 0 Å². The minimum absolute atomic E-state index is 0.542. The molecule has 0 spiro atoms. The largest absolute Gasteiger partial charge is 0.490 e. The average Bonchev–Trinajstić information content (AvgIpc) is 2.28. The molecule has 0 radical (unpaired) electrons. The van der Waals surface area contributed by atoms with Crippen LogP contribution in [0.2, 0.25) is 0 Å². The Labute approximate surface area is 102 Å². The normalized spacial score (nSPS) is 13.9. The minimum Gasteiger partial charge on any atom is -0.490 e. The second-order valence-corrected chi connectivity index (χ2v) is 4.35. The molecule has 0 bridgehead atoms. The van der Waals surface area contributed by atoms with Gasteiger partial charge in [0.25, 0.3) is 0 Å². The van der Waals surface area contributed by atoms with Crippen LogP contribution in [0.1, 0.15) is 32.4 Å². The van der Waals surface area contributed by atoms with Crippen LogP contribution < -0.4 is 4.74 Å². The topological polar surface area (TPSA) is 49.7 Å². The first-order valence-electron chi connectivity index (χ1n) is 5.73. The first-order chi connectivity index (χ1) is 8.00. The maximum atomic E-state index is 9.64. The van der Waals surface area contributed by atoms with Crippen molar-refractivity contribution in [2.24, 2.45) is 0 Å². The highest BCUT2D eigenvalue weighted by atomic mass is 16.5. The molecule has 0 aromatic heterocycles. The van der Waals surface area contributed by atoms with Gasteiger partial charge in [0.15, 0.2) is 0 Å². The van der Waals surface area contributed by atoms with Gasteiger partial charge in [0.1, 0.15) is 18.5 Å². The lowest BCUT2D eigenvalue weighted by atomic mass is 10.1. The van der Waals surface area contributed by atoms with E-state index in [9.17, 15) is 10.2 Å². The van der Waals surface area contributed by atoms with Crippen molar-refractivity contribution >= 4 is 0 Å². The van der Waals surface area contributed by atoms with Crippen LogP contribution >= 0.6 is 0 Å². The Morgan fingerprint density at radius 1 is 1.24 bits per heavy atom. The zero-order chi connectivity index (χ0) is 12.8. The van der Waals surface area contributed by atoms with Crippen LogP contribution in [-0.2, 0) is 0 Å². The molecule has 94 valence electrons. The Bertz CT molecular complexity index is 362. The van der Waals surface area contributed by atoms with Crippen molar-refractivity contribution in [1.29, 1.82) is 0 Å². The monoisotopic (exact) mass is 236 g/mol. The molecule has 2 N–H and O–H groups in total. The molecule has 0 aliphatic heterocycles. The van der Waals surface area contributed by atoms with Gasteiger partial charge in [0.2, 0.25) is 0 Å². The highest BCUT2D eigenvalue weighted by Gasteiger charge is 2.12. The molecule has 2 atom stereocenters.